The molecule has 0 atom stereocenters. The third-order valence-corrected chi connectivity index (χ3v) is 7.86. The van der Waals surface area contributed by atoms with E-state index in [9.17, 15) is 23.3 Å². The number of anilines is 1. The number of aryl methyl sites for hydroxylation is 1. The molecule has 31 heavy (non-hydrogen) atoms. The third-order valence-electron chi connectivity index (χ3n) is 5.65. The van der Waals surface area contributed by atoms with Crippen LogP contribution in [0.2, 0.25) is 5.02 Å². The second-order valence-corrected chi connectivity index (χ2v) is 9.86. The molecule has 0 aromatic heterocycles. The number of hydrogen-bond acceptors (Lipinski definition) is 6. The Morgan fingerprint density at radius 3 is 2.58 bits per heavy atom. The summed E-state index contributed by atoms with van der Waals surface area (Å²) < 4.78 is 32.7. The van der Waals surface area contributed by atoms with E-state index in [1.54, 1.807) is 4.90 Å². The van der Waals surface area contributed by atoms with Gasteiger partial charge in [-0.3, -0.25) is 15.0 Å². The van der Waals surface area contributed by atoms with Crippen LogP contribution in [0.25, 0.3) is 0 Å². The molecule has 0 bridgehead atoms. The van der Waals surface area contributed by atoms with Crippen molar-refractivity contribution in [2.75, 3.05) is 18.0 Å². The number of ether oxygens (including phenoxy) is 1. The highest BCUT2D eigenvalue weighted by atomic mass is 35.5. The molecule has 2 aliphatic heterocycles. The first-order valence-electron chi connectivity index (χ1n) is 9.68. The lowest BCUT2D eigenvalue weighted by atomic mass is 10.00. The normalized spacial score (nSPS) is 17.9. The summed E-state index contributed by atoms with van der Waals surface area (Å²) in [5, 5.41) is 11.0. The third kappa shape index (κ3) is 3.86. The van der Waals surface area contributed by atoms with Crippen LogP contribution in [-0.2, 0) is 21.4 Å². The number of rotatable bonds is 4. The van der Waals surface area contributed by atoms with Crippen LogP contribution in [0.1, 0.15) is 24.0 Å². The van der Waals surface area contributed by atoms with Crippen LogP contribution in [0.5, 0.6) is 0 Å². The zero-order valence-electron chi connectivity index (χ0n) is 16.7. The van der Waals surface area contributed by atoms with Gasteiger partial charge in [0.1, 0.15) is 11.6 Å². The lowest BCUT2D eigenvalue weighted by Crippen LogP contribution is -2.50. The molecule has 0 spiro atoms. The molecule has 0 saturated carbocycles. The summed E-state index contributed by atoms with van der Waals surface area (Å²) in [5.74, 6) is 0. The van der Waals surface area contributed by atoms with Crippen LogP contribution in [-0.4, -0.2) is 42.9 Å². The molecule has 11 heteroatoms. The van der Waals surface area contributed by atoms with Gasteiger partial charge in [0, 0.05) is 30.8 Å². The van der Waals surface area contributed by atoms with Crippen LogP contribution in [0.15, 0.2) is 41.3 Å². The Morgan fingerprint density at radius 1 is 1.19 bits per heavy atom. The zero-order valence-corrected chi connectivity index (χ0v) is 18.2. The van der Waals surface area contributed by atoms with Crippen LogP contribution >= 0.6 is 11.6 Å². The van der Waals surface area contributed by atoms with Crippen LogP contribution in [0.4, 0.5) is 16.2 Å². The number of sulfonamides is 1. The minimum atomic E-state index is -3.94. The van der Waals surface area contributed by atoms with Crippen molar-refractivity contribution in [3.8, 4) is 0 Å². The molecular weight excluding hydrogens is 446 g/mol. The molecule has 0 N–H and O–H groups in total. The van der Waals surface area contributed by atoms with E-state index in [1.165, 1.54) is 16.4 Å². The minimum Gasteiger partial charge on any atom is -0.444 e. The quantitative estimate of drug-likeness (QED) is 0.500. The number of amides is 1. The fourth-order valence-electron chi connectivity index (χ4n) is 4.10. The van der Waals surface area contributed by atoms with Gasteiger partial charge in [-0.15, -0.1) is 0 Å². The van der Waals surface area contributed by atoms with Crippen LogP contribution < -0.4 is 4.90 Å². The maximum absolute atomic E-state index is 13.0. The lowest BCUT2D eigenvalue weighted by molar-refractivity contribution is -0.384. The topological polar surface area (TPSA) is 110 Å². The molecule has 1 amide bonds. The number of cyclic esters (lactones) is 1. The molecule has 4 rings (SSSR count). The average Bonchev–Trinajstić information content (AvgIpc) is 2.74. The first-order chi connectivity index (χ1) is 14.7. The second-order valence-electron chi connectivity index (χ2n) is 7.51. The summed E-state index contributed by atoms with van der Waals surface area (Å²) in [6.07, 6.45) is 0.395. The molecule has 2 heterocycles. The van der Waals surface area contributed by atoms with Crippen molar-refractivity contribution in [2.24, 2.45) is 0 Å². The first kappa shape index (κ1) is 21.5. The van der Waals surface area contributed by atoms with Gasteiger partial charge in [0.05, 0.1) is 15.5 Å². The van der Waals surface area contributed by atoms with Gasteiger partial charge in [-0.2, -0.15) is 4.31 Å². The lowest BCUT2D eigenvalue weighted by Gasteiger charge is -2.40. The van der Waals surface area contributed by atoms with Crippen molar-refractivity contribution in [2.45, 2.75) is 37.3 Å². The molecule has 2 aromatic rings. The number of carbonyl (C=O) groups excluding carboxylic acids is 1. The molecule has 2 aliphatic rings. The number of para-hydroxylation sites is 1. The van der Waals surface area contributed by atoms with Gasteiger partial charge in [-0.25, -0.2) is 13.2 Å². The van der Waals surface area contributed by atoms with E-state index in [1.807, 2.05) is 25.1 Å². The van der Waals surface area contributed by atoms with Gasteiger partial charge < -0.3 is 4.74 Å². The highest BCUT2D eigenvalue weighted by Gasteiger charge is 2.38. The first-order valence-corrected chi connectivity index (χ1v) is 11.5. The standard InChI is InChI=1S/C20H20ClN3O6S/c1-13-3-2-4-14-12-30-20(25)23(19(13)14)15-7-9-22(10-8-15)31(28,29)16-5-6-17(21)18(11-16)24(26)27/h2-6,11,15H,7-10,12H2,1H3. The van der Waals surface area contributed by atoms with Crippen molar-refractivity contribution in [1.29, 1.82) is 0 Å². The zero-order chi connectivity index (χ0) is 22.3. The molecule has 0 radical (unpaired) electrons. The van der Waals surface area contributed by atoms with Crippen molar-refractivity contribution in [1.82, 2.24) is 4.31 Å². The SMILES string of the molecule is Cc1cccc2c1N(C1CCN(S(=O)(=O)c3ccc(Cl)c([N+](=O)[O-])c3)CC1)C(=O)OC2. The van der Waals surface area contributed by atoms with Gasteiger partial charge in [-0.1, -0.05) is 29.8 Å². The van der Waals surface area contributed by atoms with Crippen LogP contribution in [0, 0.1) is 17.0 Å². The molecule has 0 unspecified atom stereocenters. The van der Waals surface area contributed by atoms with E-state index >= 15 is 0 Å². The predicted molar refractivity (Wildman–Crippen MR) is 114 cm³/mol. The van der Waals surface area contributed by atoms with E-state index in [4.69, 9.17) is 16.3 Å². The molecule has 9 nitrogen and oxygen atoms in total. The molecule has 1 saturated heterocycles. The Bertz CT molecular complexity index is 1160. The number of fused-ring (bicyclic) bond motifs is 1. The molecule has 1 fully saturated rings. The maximum atomic E-state index is 13.0. The van der Waals surface area contributed by atoms with Crippen LogP contribution in [0.3, 0.4) is 0 Å². The Balaban J connectivity index is 1.55. The number of nitrogens with zero attached hydrogens (tertiary/aromatic N) is 3. The summed E-state index contributed by atoms with van der Waals surface area (Å²) >= 11 is 5.80. The fraction of sp³-hybridized carbons (Fsp3) is 0.350. The Morgan fingerprint density at radius 2 is 1.90 bits per heavy atom. The number of halogens is 1. The number of hydrogen-bond donors (Lipinski definition) is 0. The largest absolute Gasteiger partial charge is 0.444 e. The number of benzene rings is 2. The van der Waals surface area contributed by atoms with E-state index in [0.717, 1.165) is 22.9 Å². The number of nitro benzene ring substituents is 1. The number of nitro groups is 1. The molecule has 0 aliphatic carbocycles. The van der Waals surface area contributed by atoms with Gasteiger partial charge in [0.25, 0.3) is 5.69 Å². The van der Waals surface area contributed by atoms with Crippen molar-refractivity contribution < 1.29 is 22.9 Å². The van der Waals surface area contributed by atoms with Gasteiger partial charge in [0.2, 0.25) is 10.0 Å². The minimum absolute atomic E-state index is 0.125. The van der Waals surface area contributed by atoms with Gasteiger partial charge >= 0.3 is 6.09 Å². The Labute approximate surface area is 184 Å². The van der Waals surface area contributed by atoms with E-state index in [0.29, 0.717) is 12.8 Å². The summed E-state index contributed by atoms with van der Waals surface area (Å²) in [4.78, 5) is 24.4. The summed E-state index contributed by atoms with van der Waals surface area (Å²) in [6, 6.07) is 8.99. The second kappa shape index (κ2) is 8.10. The molecule has 2 aromatic carbocycles. The Hall–Kier alpha value is -2.69. The summed E-state index contributed by atoms with van der Waals surface area (Å²) in [6.45, 7) is 2.50. The highest BCUT2D eigenvalue weighted by molar-refractivity contribution is 7.89. The number of carbonyl (C=O) groups is 1. The summed E-state index contributed by atoms with van der Waals surface area (Å²) in [7, 11) is -3.94. The Kier molecular flexibility index (Phi) is 5.63. The average molecular weight is 466 g/mol. The van der Waals surface area contributed by atoms with Gasteiger partial charge in [0.15, 0.2) is 0 Å². The van der Waals surface area contributed by atoms with Crippen molar-refractivity contribution >= 4 is 39.1 Å². The fourth-order valence-corrected chi connectivity index (χ4v) is 5.77. The number of piperidine rings is 1. The predicted octanol–water partition coefficient (Wildman–Crippen LogP) is 3.87. The van der Waals surface area contributed by atoms with Crippen molar-refractivity contribution in [3.05, 3.63) is 62.7 Å². The van der Waals surface area contributed by atoms with Gasteiger partial charge in [-0.05, 0) is 37.5 Å². The summed E-state index contributed by atoms with van der Waals surface area (Å²) in [5.41, 5.74) is 2.25. The maximum Gasteiger partial charge on any atom is 0.414 e. The monoisotopic (exact) mass is 465 g/mol. The molecular formula is C20H20ClN3O6S. The smallest absolute Gasteiger partial charge is 0.414 e. The highest BCUT2D eigenvalue weighted by Crippen LogP contribution is 2.36. The van der Waals surface area contributed by atoms with E-state index in [-0.39, 0.29) is 35.7 Å². The van der Waals surface area contributed by atoms with E-state index in [2.05, 4.69) is 0 Å². The van der Waals surface area contributed by atoms with E-state index < -0.39 is 26.7 Å². The van der Waals surface area contributed by atoms with Crippen molar-refractivity contribution in [3.63, 3.8) is 0 Å². The molecule has 164 valence electrons.